The molecule has 1 heterocycles. The van der Waals surface area contributed by atoms with Crippen molar-refractivity contribution in [2.45, 2.75) is 6.18 Å². The number of nitrogens with zero attached hydrogens (tertiary/aromatic N) is 1. The minimum atomic E-state index is -4.29. The van der Waals surface area contributed by atoms with Gasteiger partial charge < -0.3 is 0 Å². The van der Waals surface area contributed by atoms with Crippen LogP contribution in [0.3, 0.4) is 0 Å². The van der Waals surface area contributed by atoms with E-state index in [4.69, 9.17) is 0 Å². The van der Waals surface area contributed by atoms with Crippen molar-refractivity contribution >= 4 is 33.4 Å². The van der Waals surface area contributed by atoms with Crippen LogP contribution in [-0.2, 0) is 6.18 Å². The van der Waals surface area contributed by atoms with E-state index in [0.717, 1.165) is 17.5 Å². The highest BCUT2D eigenvalue weighted by molar-refractivity contribution is 14.1. The van der Waals surface area contributed by atoms with Crippen molar-refractivity contribution < 1.29 is 13.2 Å². The molecule has 15 heavy (non-hydrogen) atoms. The molecule has 5 heteroatoms. The lowest BCUT2D eigenvalue weighted by atomic mass is 10.1. The molecule has 78 valence electrons. The highest BCUT2D eigenvalue weighted by Gasteiger charge is 2.30. The molecule has 0 N–H and O–H groups in total. The third-order valence-electron chi connectivity index (χ3n) is 2.04. The second-order valence-electron chi connectivity index (χ2n) is 3.04. The maximum absolute atomic E-state index is 12.4. The summed E-state index contributed by atoms with van der Waals surface area (Å²) in [5, 5.41) is 1.30. The third-order valence-corrected chi connectivity index (χ3v) is 2.90. The van der Waals surface area contributed by atoms with E-state index < -0.39 is 11.7 Å². The fourth-order valence-corrected chi connectivity index (χ4v) is 1.97. The van der Waals surface area contributed by atoms with Gasteiger partial charge in [-0.25, -0.2) is 4.98 Å². The fraction of sp³-hybridized carbons (Fsp3) is 0.100. The summed E-state index contributed by atoms with van der Waals surface area (Å²) in [7, 11) is 0. The fourth-order valence-electron chi connectivity index (χ4n) is 1.32. The molecule has 0 amide bonds. The lowest BCUT2D eigenvalue weighted by Gasteiger charge is -2.07. The van der Waals surface area contributed by atoms with Crippen LogP contribution in [0.2, 0.25) is 0 Å². The topological polar surface area (TPSA) is 12.9 Å². The van der Waals surface area contributed by atoms with E-state index in [1.54, 1.807) is 6.07 Å². The van der Waals surface area contributed by atoms with Gasteiger partial charge in [-0.05, 0) is 46.2 Å². The van der Waals surface area contributed by atoms with Crippen LogP contribution in [-0.4, -0.2) is 4.98 Å². The second-order valence-corrected chi connectivity index (χ2v) is 4.06. The molecule has 0 aliphatic carbocycles. The first kappa shape index (κ1) is 10.7. The zero-order valence-electron chi connectivity index (χ0n) is 7.35. The molecule has 0 saturated heterocycles. The number of hydrogen-bond acceptors (Lipinski definition) is 1. The number of benzene rings is 1. The first-order valence-electron chi connectivity index (χ1n) is 4.10. The van der Waals surface area contributed by atoms with Crippen molar-refractivity contribution in [1.29, 1.82) is 0 Å². The molecule has 0 atom stereocenters. The number of fused-ring (bicyclic) bond motifs is 1. The van der Waals surface area contributed by atoms with Gasteiger partial charge in [0.2, 0.25) is 0 Å². The molecule has 2 rings (SSSR count). The first-order chi connectivity index (χ1) is 6.98. The van der Waals surface area contributed by atoms with Crippen LogP contribution in [0, 0.1) is 3.70 Å². The molecular weight excluding hydrogens is 318 g/mol. The van der Waals surface area contributed by atoms with Crippen molar-refractivity contribution in [2.24, 2.45) is 0 Å². The van der Waals surface area contributed by atoms with Crippen LogP contribution < -0.4 is 0 Å². The summed E-state index contributed by atoms with van der Waals surface area (Å²) in [5.74, 6) is 0. The Morgan fingerprint density at radius 2 is 1.87 bits per heavy atom. The molecule has 0 saturated carbocycles. The van der Waals surface area contributed by atoms with Gasteiger partial charge in [0.15, 0.2) is 0 Å². The lowest BCUT2D eigenvalue weighted by molar-refractivity contribution is -0.137. The first-order valence-corrected chi connectivity index (χ1v) is 5.18. The van der Waals surface area contributed by atoms with Gasteiger partial charge in [0.1, 0.15) is 3.70 Å². The molecule has 0 spiro atoms. The average molecular weight is 323 g/mol. The zero-order valence-corrected chi connectivity index (χ0v) is 9.50. The predicted octanol–water partition coefficient (Wildman–Crippen LogP) is 3.86. The smallest absolute Gasteiger partial charge is 0.250 e. The number of halogens is 4. The van der Waals surface area contributed by atoms with Crippen molar-refractivity contribution in [3.05, 3.63) is 39.7 Å². The molecule has 0 unspecified atom stereocenters. The van der Waals surface area contributed by atoms with Crippen LogP contribution in [0.15, 0.2) is 30.5 Å². The second kappa shape index (κ2) is 3.62. The van der Waals surface area contributed by atoms with Gasteiger partial charge in [0.25, 0.3) is 0 Å². The summed E-state index contributed by atoms with van der Waals surface area (Å²) in [4.78, 5) is 4.00. The molecule has 0 radical (unpaired) electrons. The summed E-state index contributed by atoms with van der Waals surface area (Å²) >= 11 is 2.00. The number of hydrogen-bond donors (Lipinski definition) is 0. The van der Waals surface area contributed by atoms with Gasteiger partial charge in [-0.15, -0.1) is 0 Å². The summed E-state index contributed by atoms with van der Waals surface area (Å²) in [6.45, 7) is 0. The molecule has 0 aliphatic rings. The number of pyridine rings is 1. The Bertz CT molecular complexity index is 507. The quantitative estimate of drug-likeness (QED) is 0.530. The summed E-state index contributed by atoms with van der Waals surface area (Å²) < 4.78 is 37.9. The largest absolute Gasteiger partial charge is 0.416 e. The van der Waals surface area contributed by atoms with Crippen LogP contribution in [0.5, 0.6) is 0 Å². The molecule has 1 aromatic carbocycles. The van der Waals surface area contributed by atoms with Crippen molar-refractivity contribution in [1.82, 2.24) is 4.98 Å². The molecule has 2 aromatic rings. The third kappa shape index (κ3) is 2.06. The number of alkyl halides is 3. The Hall–Kier alpha value is -0.850. The van der Waals surface area contributed by atoms with Crippen LogP contribution in [0.4, 0.5) is 13.2 Å². The molecule has 1 aromatic heterocycles. The Morgan fingerprint density at radius 1 is 1.13 bits per heavy atom. The molecule has 0 aliphatic heterocycles. The maximum atomic E-state index is 12.4. The average Bonchev–Trinajstić information content (AvgIpc) is 2.16. The van der Waals surface area contributed by atoms with Crippen molar-refractivity contribution in [3.8, 4) is 0 Å². The number of aromatic nitrogens is 1. The van der Waals surface area contributed by atoms with E-state index in [9.17, 15) is 13.2 Å². The van der Waals surface area contributed by atoms with Crippen LogP contribution in [0.1, 0.15) is 5.56 Å². The highest BCUT2D eigenvalue weighted by Crippen LogP contribution is 2.31. The van der Waals surface area contributed by atoms with Crippen LogP contribution in [0.25, 0.3) is 10.8 Å². The summed E-state index contributed by atoms with van der Waals surface area (Å²) in [6.07, 6.45) is -2.78. The summed E-state index contributed by atoms with van der Waals surface area (Å²) in [5.41, 5.74) is -0.628. The predicted molar refractivity (Wildman–Crippen MR) is 59.5 cm³/mol. The van der Waals surface area contributed by atoms with Gasteiger partial charge in [0.05, 0.1) is 5.56 Å². The zero-order chi connectivity index (χ0) is 11.1. The van der Waals surface area contributed by atoms with Gasteiger partial charge in [-0.3, -0.25) is 0 Å². The van der Waals surface area contributed by atoms with Gasteiger partial charge >= 0.3 is 6.18 Å². The van der Waals surface area contributed by atoms with Crippen molar-refractivity contribution in [3.63, 3.8) is 0 Å². The Morgan fingerprint density at radius 3 is 2.53 bits per heavy atom. The molecule has 0 bridgehead atoms. The lowest BCUT2D eigenvalue weighted by Crippen LogP contribution is -2.04. The number of rotatable bonds is 0. The van der Waals surface area contributed by atoms with Crippen LogP contribution >= 0.6 is 22.6 Å². The van der Waals surface area contributed by atoms with E-state index in [1.807, 2.05) is 22.6 Å². The highest BCUT2D eigenvalue weighted by atomic mass is 127. The minimum Gasteiger partial charge on any atom is -0.250 e. The summed E-state index contributed by atoms with van der Waals surface area (Å²) in [6, 6.07) is 5.24. The standard InChI is InChI=1S/C10H5F3IN/c11-10(12,13)7-1-2-8-6(5-7)3-4-15-9(8)14/h1-5H. The normalized spacial score (nSPS) is 12.0. The van der Waals surface area contributed by atoms with Gasteiger partial charge in [-0.1, -0.05) is 6.07 Å². The molecule has 1 nitrogen and oxygen atoms in total. The van der Waals surface area contributed by atoms with Gasteiger partial charge in [0, 0.05) is 11.6 Å². The van der Waals surface area contributed by atoms with E-state index in [1.165, 1.54) is 12.3 Å². The minimum absolute atomic E-state index is 0.559. The maximum Gasteiger partial charge on any atom is 0.416 e. The Labute approximate surface area is 97.5 Å². The Balaban J connectivity index is 2.68. The van der Waals surface area contributed by atoms with E-state index >= 15 is 0 Å². The SMILES string of the molecule is FC(F)(F)c1ccc2c(I)nccc2c1. The van der Waals surface area contributed by atoms with Crippen molar-refractivity contribution in [2.75, 3.05) is 0 Å². The molecular formula is C10H5F3IN. The van der Waals surface area contributed by atoms with E-state index in [-0.39, 0.29) is 0 Å². The molecule has 0 fully saturated rings. The van der Waals surface area contributed by atoms with Gasteiger partial charge in [-0.2, -0.15) is 13.2 Å². The monoisotopic (exact) mass is 323 g/mol. The van der Waals surface area contributed by atoms with E-state index in [0.29, 0.717) is 9.09 Å². The van der Waals surface area contributed by atoms with E-state index in [2.05, 4.69) is 4.98 Å². The Kier molecular flexibility index (Phi) is 2.57.